The van der Waals surface area contributed by atoms with E-state index in [0.29, 0.717) is 0 Å². The Bertz CT molecular complexity index is 807. The molecule has 23 heavy (non-hydrogen) atoms. The molecule has 0 saturated heterocycles. The van der Waals surface area contributed by atoms with E-state index >= 15 is 0 Å². The lowest BCUT2D eigenvalue weighted by Gasteiger charge is -2.19. The summed E-state index contributed by atoms with van der Waals surface area (Å²) in [7, 11) is -3.78. The van der Waals surface area contributed by atoms with Crippen LogP contribution in [0.5, 0.6) is 0 Å². The Balaban J connectivity index is 2.15. The van der Waals surface area contributed by atoms with Crippen LogP contribution in [-0.4, -0.2) is 14.6 Å². The number of rotatable bonds is 4. The van der Waals surface area contributed by atoms with Crippen molar-refractivity contribution in [3.63, 3.8) is 0 Å². The molecular formula is C17H19FN2O2S. The van der Waals surface area contributed by atoms with Crippen molar-refractivity contribution < 1.29 is 12.8 Å². The minimum Gasteiger partial charge on any atom is -0.206 e. The molecule has 2 aromatic carbocycles. The third kappa shape index (κ3) is 4.39. The molecule has 0 aromatic heterocycles. The standard InChI is InChI=1S/C17H19FN2O2S/c1-17(2,3)14-8-10-15(11-9-14)23(21,22)20-19-12-13-6-4-5-7-16(13)18/h4-12,20H,1-3H3/b19-12-. The first-order valence-corrected chi connectivity index (χ1v) is 8.58. The van der Waals surface area contributed by atoms with E-state index in [1.807, 2.05) is 20.8 Å². The highest BCUT2D eigenvalue weighted by atomic mass is 32.2. The summed E-state index contributed by atoms with van der Waals surface area (Å²) < 4.78 is 37.7. The van der Waals surface area contributed by atoms with E-state index in [-0.39, 0.29) is 15.9 Å². The zero-order chi connectivity index (χ0) is 17.1. The third-order valence-corrected chi connectivity index (χ3v) is 4.55. The lowest BCUT2D eigenvalue weighted by molar-refractivity contribution is 0.580. The molecule has 0 aliphatic rings. The molecule has 0 aliphatic heterocycles. The molecule has 0 atom stereocenters. The van der Waals surface area contributed by atoms with Crippen molar-refractivity contribution in [1.82, 2.24) is 4.83 Å². The molecule has 6 heteroatoms. The van der Waals surface area contributed by atoms with Crippen LogP contribution < -0.4 is 4.83 Å². The minimum absolute atomic E-state index is 0.0568. The molecule has 0 unspecified atom stereocenters. The van der Waals surface area contributed by atoms with Gasteiger partial charge in [-0.25, -0.2) is 9.22 Å². The summed E-state index contributed by atoms with van der Waals surface area (Å²) in [6, 6.07) is 12.6. The third-order valence-electron chi connectivity index (χ3n) is 3.31. The molecule has 0 amide bonds. The van der Waals surface area contributed by atoms with Crippen LogP contribution in [0.4, 0.5) is 4.39 Å². The van der Waals surface area contributed by atoms with E-state index in [0.717, 1.165) is 11.8 Å². The molecule has 0 spiro atoms. The Morgan fingerprint density at radius 2 is 1.65 bits per heavy atom. The first kappa shape index (κ1) is 17.1. The summed E-state index contributed by atoms with van der Waals surface area (Å²) in [6.07, 6.45) is 1.14. The maximum Gasteiger partial charge on any atom is 0.276 e. The molecule has 0 heterocycles. The van der Waals surface area contributed by atoms with Gasteiger partial charge in [-0.05, 0) is 29.2 Å². The molecule has 122 valence electrons. The van der Waals surface area contributed by atoms with Crippen LogP contribution in [0.2, 0.25) is 0 Å². The van der Waals surface area contributed by atoms with Gasteiger partial charge in [0.25, 0.3) is 10.0 Å². The van der Waals surface area contributed by atoms with Gasteiger partial charge in [0, 0.05) is 5.56 Å². The highest BCUT2D eigenvalue weighted by molar-refractivity contribution is 7.89. The first-order chi connectivity index (χ1) is 10.7. The Labute approximate surface area is 136 Å². The summed E-state index contributed by atoms with van der Waals surface area (Å²) in [5.74, 6) is -0.468. The number of benzene rings is 2. The van der Waals surface area contributed by atoms with Crippen LogP contribution in [0.3, 0.4) is 0 Å². The molecule has 2 rings (SSSR count). The van der Waals surface area contributed by atoms with E-state index < -0.39 is 15.8 Å². The van der Waals surface area contributed by atoms with Crippen molar-refractivity contribution in [1.29, 1.82) is 0 Å². The average molecular weight is 334 g/mol. The summed E-state index contributed by atoms with van der Waals surface area (Å²) in [4.78, 5) is 2.19. The smallest absolute Gasteiger partial charge is 0.206 e. The quantitative estimate of drug-likeness (QED) is 0.688. The monoisotopic (exact) mass is 334 g/mol. The van der Waals surface area contributed by atoms with Crippen molar-refractivity contribution >= 4 is 16.2 Å². The van der Waals surface area contributed by atoms with Crippen LogP contribution in [0.1, 0.15) is 31.9 Å². The van der Waals surface area contributed by atoms with Gasteiger partial charge in [-0.15, -0.1) is 0 Å². The predicted octanol–water partition coefficient (Wildman–Crippen LogP) is 3.44. The fourth-order valence-corrected chi connectivity index (χ4v) is 2.72. The zero-order valence-electron chi connectivity index (χ0n) is 13.2. The number of hydrogen-bond donors (Lipinski definition) is 1. The second-order valence-corrected chi connectivity index (χ2v) is 7.81. The number of nitrogens with zero attached hydrogens (tertiary/aromatic N) is 1. The van der Waals surface area contributed by atoms with Crippen molar-refractivity contribution in [2.75, 3.05) is 0 Å². The van der Waals surface area contributed by atoms with Gasteiger partial charge in [-0.3, -0.25) is 0 Å². The molecule has 1 N–H and O–H groups in total. The van der Waals surface area contributed by atoms with E-state index in [1.54, 1.807) is 24.3 Å². The number of nitrogens with one attached hydrogen (secondary N) is 1. The number of hydrazone groups is 1. The van der Waals surface area contributed by atoms with Gasteiger partial charge in [0.2, 0.25) is 0 Å². The minimum atomic E-state index is -3.78. The molecule has 0 saturated carbocycles. The Hall–Kier alpha value is -2.21. The van der Waals surface area contributed by atoms with Gasteiger partial charge in [-0.2, -0.15) is 13.5 Å². The van der Waals surface area contributed by atoms with Gasteiger partial charge >= 0.3 is 0 Å². The number of halogens is 1. The lowest BCUT2D eigenvalue weighted by Crippen LogP contribution is -2.19. The second kappa shape index (κ2) is 6.50. The van der Waals surface area contributed by atoms with Crippen molar-refractivity contribution in [2.24, 2.45) is 5.10 Å². The van der Waals surface area contributed by atoms with E-state index in [2.05, 4.69) is 9.93 Å². The lowest BCUT2D eigenvalue weighted by atomic mass is 9.87. The second-order valence-electron chi connectivity index (χ2n) is 6.15. The Morgan fingerprint density at radius 1 is 1.04 bits per heavy atom. The fourth-order valence-electron chi connectivity index (χ4n) is 1.93. The van der Waals surface area contributed by atoms with Crippen LogP contribution >= 0.6 is 0 Å². The first-order valence-electron chi connectivity index (χ1n) is 7.10. The van der Waals surface area contributed by atoms with Gasteiger partial charge in [0.05, 0.1) is 11.1 Å². The number of hydrogen-bond acceptors (Lipinski definition) is 3. The van der Waals surface area contributed by atoms with Crippen molar-refractivity contribution in [3.05, 3.63) is 65.5 Å². The van der Waals surface area contributed by atoms with Crippen LogP contribution in [0.15, 0.2) is 58.5 Å². The van der Waals surface area contributed by atoms with Crippen molar-refractivity contribution in [2.45, 2.75) is 31.1 Å². The Kier molecular flexibility index (Phi) is 4.85. The normalized spacial score (nSPS) is 12.5. The summed E-state index contributed by atoms with van der Waals surface area (Å²) in [6.45, 7) is 6.15. The molecule has 0 fully saturated rings. The highest BCUT2D eigenvalue weighted by Crippen LogP contribution is 2.23. The fraction of sp³-hybridized carbons (Fsp3) is 0.235. The molecule has 0 aliphatic carbocycles. The van der Waals surface area contributed by atoms with Gasteiger partial charge in [0.1, 0.15) is 5.82 Å². The highest BCUT2D eigenvalue weighted by Gasteiger charge is 2.17. The summed E-state index contributed by atoms with van der Waals surface area (Å²) >= 11 is 0. The van der Waals surface area contributed by atoms with E-state index in [9.17, 15) is 12.8 Å². The van der Waals surface area contributed by atoms with E-state index in [1.165, 1.54) is 24.3 Å². The van der Waals surface area contributed by atoms with Gasteiger partial charge < -0.3 is 0 Å². The molecule has 0 bridgehead atoms. The maximum atomic E-state index is 13.4. The largest absolute Gasteiger partial charge is 0.276 e. The summed E-state index contributed by atoms with van der Waals surface area (Å²) in [5, 5.41) is 3.62. The summed E-state index contributed by atoms with van der Waals surface area (Å²) in [5.41, 5.74) is 1.18. The van der Waals surface area contributed by atoms with Crippen LogP contribution in [-0.2, 0) is 15.4 Å². The maximum absolute atomic E-state index is 13.4. The topological polar surface area (TPSA) is 58.5 Å². The zero-order valence-corrected chi connectivity index (χ0v) is 14.1. The molecule has 2 aromatic rings. The van der Waals surface area contributed by atoms with Crippen molar-refractivity contribution in [3.8, 4) is 0 Å². The van der Waals surface area contributed by atoms with Gasteiger partial charge in [0.15, 0.2) is 0 Å². The predicted molar refractivity (Wildman–Crippen MR) is 89.5 cm³/mol. The SMILES string of the molecule is CC(C)(C)c1ccc(S(=O)(=O)N/N=C\c2ccccc2F)cc1. The average Bonchev–Trinajstić information content (AvgIpc) is 2.48. The van der Waals surface area contributed by atoms with Crippen LogP contribution in [0.25, 0.3) is 0 Å². The molecule has 0 radical (unpaired) electrons. The number of sulfonamides is 1. The van der Waals surface area contributed by atoms with E-state index in [4.69, 9.17) is 0 Å². The molecule has 4 nitrogen and oxygen atoms in total. The van der Waals surface area contributed by atoms with Gasteiger partial charge in [-0.1, -0.05) is 51.1 Å². The van der Waals surface area contributed by atoms with Crippen LogP contribution in [0, 0.1) is 5.82 Å². The Morgan fingerprint density at radius 3 is 2.22 bits per heavy atom. The molecular weight excluding hydrogens is 315 g/mol.